The van der Waals surface area contributed by atoms with E-state index in [1.807, 2.05) is 31.3 Å². The lowest BCUT2D eigenvalue weighted by Crippen LogP contribution is -2.05. The van der Waals surface area contributed by atoms with E-state index in [4.69, 9.17) is 0 Å². The fraction of sp³-hybridized carbons (Fsp3) is 0.400. The van der Waals surface area contributed by atoms with Crippen molar-refractivity contribution in [2.24, 2.45) is 0 Å². The summed E-state index contributed by atoms with van der Waals surface area (Å²) in [6, 6.07) is 6.04. The summed E-state index contributed by atoms with van der Waals surface area (Å²) in [4.78, 5) is 13.4. The van der Waals surface area contributed by atoms with Crippen LogP contribution in [0.4, 0.5) is 5.82 Å². The molecule has 0 atom stereocenters. The maximum Gasteiger partial charge on any atom is 0.131 e. The van der Waals surface area contributed by atoms with Gasteiger partial charge in [-0.2, -0.15) is 0 Å². The molecule has 2 aromatic rings. The summed E-state index contributed by atoms with van der Waals surface area (Å²) >= 11 is 0. The van der Waals surface area contributed by atoms with Gasteiger partial charge in [0.25, 0.3) is 0 Å². The van der Waals surface area contributed by atoms with Crippen LogP contribution in [-0.4, -0.2) is 21.5 Å². The Morgan fingerprint density at radius 1 is 1.16 bits per heavy atom. The van der Waals surface area contributed by atoms with Gasteiger partial charge < -0.3 is 5.32 Å². The topological polar surface area (TPSA) is 50.7 Å². The zero-order valence-electron chi connectivity index (χ0n) is 11.8. The first-order chi connectivity index (χ1) is 9.22. The van der Waals surface area contributed by atoms with Crippen LogP contribution < -0.4 is 5.32 Å². The van der Waals surface area contributed by atoms with Gasteiger partial charge in [0.15, 0.2) is 0 Å². The number of nitrogens with one attached hydrogen (secondary N) is 1. The van der Waals surface area contributed by atoms with Gasteiger partial charge in [0.2, 0.25) is 0 Å². The summed E-state index contributed by atoms with van der Waals surface area (Å²) in [5.41, 5.74) is 2.97. The van der Waals surface area contributed by atoms with Gasteiger partial charge in [0.05, 0.1) is 5.69 Å². The van der Waals surface area contributed by atoms with Gasteiger partial charge >= 0.3 is 0 Å². The number of hydrogen-bond donors (Lipinski definition) is 1. The predicted molar refractivity (Wildman–Crippen MR) is 78.2 cm³/mol. The highest BCUT2D eigenvalue weighted by atomic mass is 15.0. The van der Waals surface area contributed by atoms with Gasteiger partial charge in [-0.25, -0.2) is 9.97 Å². The molecule has 19 heavy (non-hydrogen) atoms. The van der Waals surface area contributed by atoms with Gasteiger partial charge in [-0.05, 0) is 25.5 Å². The highest BCUT2D eigenvalue weighted by Gasteiger charge is 2.05. The summed E-state index contributed by atoms with van der Waals surface area (Å²) in [5.74, 6) is 1.75. The lowest BCUT2D eigenvalue weighted by molar-refractivity contribution is 0.919. The second-order valence-corrected chi connectivity index (χ2v) is 4.52. The normalized spacial score (nSPS) is 10.5. The average molecular weight is 256 g/mol. The Morgan fingerprint density at radius 3 is 2.63 bits per heavy atom. The smallest absolute Gasteiger partial charge is 0.131 e. The third-order valence-electron chi connectivity index (χ3n) is 2.85. The summed E-state index contributed by atoms with van der Waals surface area (Å²) < 4.78 is 0. The molecule has 4 heteroatoms. The second-order valence-electron chi connectivity index (χ2n) is 4.52. The van der Waals surface area contributed by atoms with Crippen LogP contribution in [0.2, 0.25) is 0 Å². The Balaban J connectivity index is 2.35. The van der Waals surface area contributed by atoms with Crippen molar-refractivity contribution < 1.29 is 0 Å². The molecule has 0 radical (unpaired) electrons. The average Bonchev–Trinajstić information content (AvgIpc) is 2.45. The van der Waals surface area contributed by atoms with E-state index in [-0.39, 0.29) is 0 Å². The number of aryl methyl sites for hydroxylation is 2. The molecule has 2 heterocycles. The summed E-state index contributed by atoms with van der Waals surface area (Å²) in [7, 11) is 0. The van der Waals surface area contributed by atoms with Crippen LogP contribution in [0.15, 0.2) is 24.4 Å². The summed E-state index contributed by atoms with van der Waals surface area (Å²) in [6.45, 7) is 7.11. The van der Waals surface area contributed by atoms with E-state index in [9.17, 15) is 0 Å². The van der Waals surface area contributed by atoms with Crippen molar-refractivity contribution in [1.29, 1.82) is 0 Å². The third kappa shape index (κ3) is 3.50. The maximum atomic E-state index is 4.57. The molecule has 100 valence electrons. The van der Waals surface area contributed by atoms with Crippen LogP contribution >= 0.6 is 0 Å². The predicted octanol–water partition coefficient (Wildman–Crippen LogP) is 3.23. The standard InChI is InChI=1S/C15H20N4/c1-4-8-16-15-9-13(18-14(5-2)19-15)12-7-6-11(3)17-10-12/h6-7,9-10H,4-5,8H2,1-3H3,(H,16,18,19). The Kier molecular flexibility index (Phi) is 4.44. The fourth-order valence-electron chi connectivity index (χ4n) is 1.77. The molecule has 0 aliphatic carbocycles. The number of nitrogens with zero attached hydrogens (tertiary/aromatic N) is 3. The number of aromatic nitrogens is 3. The third-order valence-corrected chi connectivity index (χ3v) is 2.85. The van der Waals surface area contributed by atoms with Crippen LogP contribution in [0.25, 0.3) is 11.3 Å². The van der Waals surface area contributed by atoms with E-state index >= 15 is 0 Å². The molecule has 0 bridgehead atoms. The molecule has 1 N–H and O–H groups in total. The van der Waals surface area contributed by atoms with E-state index in [1.165, 1.54) is 0 Å². The Hall–Kier alpha value is -1.97. The van der Waals surface area contributed by atoms with Crippen molar-refractivity contribution in [1.82, 2.24) is 15.0 Å². The maximum absolute atomic E-state index is 4.57. The lowest BCUT2D eigenvalue weighted by atomic mass is 10.2. The first-order valence-corrected chi connectivity index (χ1v) is 6.77. The van der Waals surface area contributed by atoms with Crippen molar-refractivity contribution in [2.45, 2.75) is 33.6 Å². The van der Waals surface area contributed by atoms with Crippen LogP contribution in [0.1, 0.15) is 31.8 Å². The first kappa shape index (κ1) is 13.5. The summed E-state index contributed by atoms with van der Waals surface area (Å²) in [6.07, 6.45) is 3.77. The molecule has 2 aromatic heterocycles. The van der Waals surface area contributed by atoms with Crippen molar-refractivity contribution in [3.05, 3.63) is 35.9 Å². The minimum Gasteiger partial charge on any atom is -0.370 e. The second kappa shape index (κ2) is 6.27. The minimum atomic E-state index is 0.827. The minimum absolute atomic E-state index is 0.827. The van der Waals surface area contributed by atoms with E-state index in [1.54, 1.807) is 0 Å². The molecule has 0 aliphatic rings. The Morgan fingerprint density at radius 2 is 2.00 bits per heavy atom. The molecule has 0 amide bonds. The largest absolute Gasteiger partial charge is 0.370 e. The molecule has 0 saturated carbocycles. The van der Waals surface area contributed by atoms with Gasteiger partial charge in [-0.3, -0.25) is 4.98 Å². The Bertz CT molecular complexity index is 534. The molecule has 0 unspecified atom stereocenters. The van der Waals surface area contributed by atoms with Gasteiger partial charge in [-0.15, -0.1) is 0 Å². The monoisotopic (exact) mass is 256 g/mol. The van der Waals surface area contributed by atoms with Crippen LogP contribution in [0.5, 0.6) is 0 Å². The first-order valence-electron chi connectivity index (χ1n) is 6.77. The molecule has 0 spiro atoms. The highest BCUT2D eigenvalue weighted by molar-refractivity contribution is 5.61. The van der Waals surface area contributed by atoms with Gasteiger partial charge in [0.1, 0.15) is 11.6 Å². The number of anilines is 1. The van der Waals surface area contributed by atoms with Crippen molar-refractivity contribution >= 4 is 5.82 Å². The number of hydrogen-bond acceptors (Lipinski definition) is 4. The van der Waals surface area contributed by atoms with E-state index in [2.05, 4.69) is 34.1 Å². The van der Waals surface area contributed by atoms with Gasteiger partial charge in [0, 0.05) is 36.5 Å². The zero-order valence-corrected chi connectivity index (χ0v) is 11.8. The fourth-order valence-corrected chi connectivity index (χ4v) is 1.77. The van der Waals surface area contributed by atoms with Crippen molar-refractivity contribution in [2.75, 3.05) is 11.9 Å². The highest BCUT2D eigenvalue weighted by Crippen LogP contribution is 2.19. The van der Waals surface area contributed by atoms with E-state index in [0.717, 1.165) is 48.0 Å². The van der Waals surface area contributed by atoms with Crippen LogP contribution in [-0.2, 0) is 6.42 Å². The molecular formula is C15H20N4. The molecule has 4 nitrogen and oxygen atoms in total. The van der Waals surface area contributed by atoms with E-state index in [0.29, 0.717) is 0 Å². The van der Waals surface area contributed by atoms with Crippen LogP contribution in [0.3, 0.4) is 0 Å². The molecule has 2 rings (SSSR count). The quantitative estimate of drug-likeness (QED) is 0.892. The summed E-state index contributed by atoms with van der Waals surface area (Å²) in [5, 5.41) is 3.32. The van der Waals surface area contributed by atoms with Crippen molar-refractivity contribution in [3.63, 3.8) is 0 Å². The van der Waals surface area contributed by atoms with Crippen molar-refractivity contribution in [3.8, 4) is 11.3 Å². The number of pyridine rings is 1. The Labute approximate surface area is 114 Å². The molecule has 0 saturated heterocycles. The SMILES string of the molecule is CCCNc1cc(-c2ccc(C)nc2)nc(CC)n1. The molecular weight excluding hydrogens is 236 g/mol. The van der Waals surface area contributed by atoms with Gasteiger partial charge in [-0.1, -0.05) is 13.8 Å². The lowest BCUT2D eigenvalue weighted by Gasteiger charge is -2.08. The molecule has 0 aromatic carbocycles. The molecule has 0 aliphatic heterocycles. The van der Waals surface area contributed by atoms with Crippen LogP contribution in [0, 0.1) is 6.92 Å². The van der Waals surface area contributed by atoms with E-state index < -0.39 is 0 Å². The molecule has 0 fully saturated rings. The zero-order chi connectivity index (χ0) is 13.7. The number of rotatable bonds is 5.